The van der Waals surface area contributed by atoms with E-state index >= 15 is 0 Å². The number of fused-ring (bicyclic) bond motifs is 1. The smallest absolute Gasteiger partial charge is 0.337 e. The van der Waals surface area contributed by atoms with E-state index in [4.69, 9.17) is 0 Å². The molecule has 0 saturated carbocycles. The molecule has 0 spiro atoms. The molecule has 0 atom stereocenters. The largest absolute Gasteiger partial charge is 0.416 e. The number of hydrogen-bond donors (Lipinski definition) is 1. The monoisotopic (exact) mass is 435 g/mol. The van der Waals surface area contributed by atoms with Gasteiger partial charge in [0, 0.05) is 40.8 Å². The molecular formula is C23H13F4N5. The van der Waals surface area contributed by atoms with E-state index in [1.54, 1.807) is 36.7 Å². The summed E-state index contributed by atoms with van der Waals surface area (Å²) in [5.41, 5.74) is 2.53. The number of nitrogens with one attached hydrogen (secondary N) is 1. The number of H-pyrrole nitrogens is 1. The molecule has 0 amide bonds. The molecule has 0 aliphatic heterocycles. The van der Waals surface area contributed by atoms with Crippen LogP contribution in [0.1, 0.15) is 5.56 Å². The first kappa shape index (κ1) is 19.8. The lowest BCUT2D eigenvalue weighted by Gasteiger charge is -2.09. The van der Waals surface area contributed by atoms with Gasteiger partial charge in [0.15, 0.2) is 5.65 Å². The van der Waals surface area contributed by atoms with Gasteiger partial charge in [0.25, 0.3) is 0 Å². The maximum Gasteiger partial charge on any atom is 0.416 e. The highest BCUT2D eigenvalue weighted by molar-refractivity contribution is 5.89. The highest BCUT2D eigenvalue weighted by Crippen LogP contribution is 2.35. The second-order valence-electron chi connectivity index (χ2n) is 7.01. The van der Waals surface area contributed by atoms with Crippen molar-refractivity contribution in [1.82, 2.24) is 24.9 Å². The Hall–Kier alpha value is -4.14. The van der Waals surface area contributed by atoms with Crippen LogP contribution < -0.4 is 0 Å². The number of imidazole rings is 1. The van der Waals surface area contributed by atoms with Crippen LogP contribution >= 0.6 is 0 Å². The van der Waals surface area contributed by atoms with Crippen LogP contribution in [0.3, 0.4) is 0 Å². The average Bonchev–Trinajstić information content (AvgIpc) is 3.22. The predicted octanol–water partition coefficient (Wildman–Crippen LogP) is 5.91. The summed E-state index contributed by atoms with van der Waals surface area (Å²) in [6.45, 7) is 0. The molecule has 4 aromatic heterocycles. The molecule has 0 unspecified atom stereocenters. The Morgan fingerprint density at radius 1 is 0.781 bits per heavy atom. The van der Waals surface area contributed by atoms with Gasteiger partial charge in [-0.3, -0.25) is 9.97 Å². The number of alkyl halides is 3. The first-order valence-corrected chi connectivity index (χ1v) is 9.49. The van der Waals surface area contributed by atoms with Crippen molar-refractivity contribution in [3.63, 3.8) is 0 Å². The Bertz CT molecular complexity index is 1410. The van der Waals surface area contributed by atoms with Crippen molar-refractivity contribution >= 4 is 11.2 Å². The number of halogens is 4. The molecule has 9 heteroatoms. The van der Waals surface area contributed by atoms with Crippen molar-refractivity contribution in [1.29, 1.82) is 0 Å². The lowest BCUT2D eigenvalue weighted by atomic mass is 10.0. The fourth-order valence-electron chi connectivity index (χ4n) is 3.42. The summed E-state index contributed by atoms with van der Waals surface area (Å²) in [6.07, 6.45) is 1.41. The third-order valence-corrected chi connectivity index (χ3v) is 4.96. The predicted molar refractivity (Wildman–Crippen MR) is 111 cm³/mol. The quantitative estimate of drug-likeness (QED) is 0.358. The van der Waals surface area contributed by atoms with E-state index in [1.807, 2.05) is 0 Å². The van der Waals surface area contributed by atoms with Gasteiger partial charge in [0.1, 0.15) is 11.6 Å². The van der Waals surface area contributed by atoms with Crippen LogP contribution in [0.5, 0.6) is 0 Å². The Labute approximate surface area is 178 Å². The summed E-state index contributed by atoms with van der Waals surface area (Å²) < 4.78 is 53.1. The van der Waals surface area contributed by atoms with E-state index in [-0.39, 0.29) is 0 Å². The number of hydrogen-bond acceptors (Lipinski definition) is 4. The number of nitrogens with zero attached hydrogens (tertiary/aromatic N) is 4. The highest BCUT2D eigenvalue weighted by Gasteiger charge is 2.30. The van der Waals surface area contributed by atoms with Crippen molar-refractivity contribution < 1.29 is 17.6 Å². The van der Waals surface area contributed by atoms with Crippen LogP contribution in [0, 0.1) is 5.82 Å². The van der Waals surface area contributed by atoms with E-state index < -0.39 is 17.6 Å². The van der Waals surface area contributed by atoms with Crippen LogP contribution in [-0.2, 0) is 6.18 Å². The molecule has 5 aromatic rings. The fourth-order valence-corrected chi connectivity index (χ4v) is 3.42. The van der Waals surface area contributed by atoms with Crippen LogP contribution in [0.15, 0.2) is 73.3 Å². The average molecular weight is 435 g/mol. The van der Waals surface area contributed by atoms with Crippen molar-refractivity contribution in [3.05, 3.63) is 84.7 Å². The van der Waals surface area contributed by atoms with E-state index in [2.05, 4.69) is 24.9 Å². The van der Waals surface area contributed by atoms with Crippen molar-refractivity contribution in [2.75, 3.05) is 0 Å². The molecule has 0 fully saturated rings. The Morgan fingerprint density at radius 3 is 2.25 bits per heavy atom. The summed E-state index contributed by atoms with van der Waals surface area (Å²) >= 11 is 0. The van der Waals surface area contributed by atoms with Gasteiger partial charge in [0.2, 0.25) is 0 Å². The molecular weight excluding hydrogens is 422 g/mol. The molecule has 0 saturated heterocycles. The van der Waals surface area contributed by atoms with Gasteiger partial charge in [-0.15, -0.1) is 0 Å². The Morgan fingerprint density at radius 2 is 1.56 bits per heavy atom. The van der Waals surface area contributed by atoms with Gasteiger partial charge in [-0.05, 0) is 36.4 Å². The normalized spacial score (nSPS) is 11.8. The summed E-state index contributed by atoms with van der Waals surface area (Å²) in [5, 5.41) is 0. The van der Waals surface area contributed by atoms with E-state index in [9.17, 15) is 17.6 Å². The zero-order chi connectivity index (χ0) is 22.3. The van der Waals surface area contributed by atoms with Gasteiger partial charge in [-0.2, -0.15) is 13.2 Å². The van der Waals surface area contributed by atoms with Gasteiger partial charge < -0.3 is 4.98 Å². The Balaban J connectivity index is 1.68. The third kappa shape index (κ3) is 3.58. The standard InChI is InChI=1S/C23H13F4N5/c24-18-12-29-9-7-16(18)17-10-19-22(31-20(17)14-2-1-8-28-11-14)32-21(30-19)13-3-5-15(6-4-13)23(25,26)27/h1-12H,(H,30,31,32). The van der Waals surface area contributed by atoms with E-state index in [1.165, 1.54) is 18.3 Å². The lowest BCUT2D eigenvalue weighted by molar-refractivity contribution is -0.137. The SMILES string of the molecule is Fc1cnccc1-c1cc2[nH]c(-c3ccc(C(F)(F)F)cc3)nc2nc1-c1cccnc1. The van der Waals surface area contributed by atoms with Crippen LogP contribution in [0.25, 0.3) is 44.9 Å². The fraction of sp³-hybridized carbons (Fsp3) is 0.0435. The highest BCUT2D eigenvalue weighted by atomic mass is 19.4. The number of rotatable bonds is 3. The van der Waals surface area contributed by atoms with Gasteiger partial charge >= 0.3 is 6.18 Å². The summed E-state index contributed by atoms with van der Waals surface area (Å²) in [5.74, 6) is -0.160. The molecule has 0 radical (unpaired) electrons. The number of benzene rings is 1. The molecule has 158 valence electrons. The molecule has 0 bridgehead atoms. The molecule has 4 heterocycles. The van der Waals surface area contributed by atoms with Crippen LogP contribution in [-0.4, -0.2) is 24.9 Å². The lowest BCUT2D eigenvalue weighted by Crippen LogP contribution is -2.04. The molecule has 1 aromatic carbocycles. The second-order valence-corrected chi connectivity index (χ2v) is 7.01. The van der Waals surface area contributed by atoms with Crippen molar-refractivity contribution in [2.45, 2.75) is 6.18 Å². The number of aromatic nitrogens is 5. The first-order valence-electron chi connectivity index (χ1n) is 9.49. The zero-order valence-corrected chi connectivity index (χ0v) is 16.2. The van der Waals surface area contributed by atoms with Crippen LogP contribution in [0.4, 0.5) is 17.6 Å². The molecule has 5 nitrogen and oxygen atoms in total. The number of aromatic amines is 1. The topological polar surface area (TPSA) is 67.3 Å². The van der Waals surface area contributed by atoms with Crippen molar-refractivity contribution in [2.24, 2.45) is 0 Å². The van der Waals surface area contributed by atoms with Crippen LogP contribution in [0.2, 0.25) is 0 Å². The minimum atomic E-state index is -4.42. The maximum absolute atomic E-state index is 14.6. The molecule has 1 N–H and O–H groups in total. The van der Waals surface area contributed by atoms with E-state index in [0.717, 1.165) is 18.3 Å². The first-order chi connectivity index (χ1) is 15.4. The minimum absolute atomic E-state index is 0.305. The molecule has 0 aliphatic rings. The second kappa shape index (κ2) is 7.52. The molecule has 32 heavy (non-hydrogen) atoms. The summed E-state index contributed by atoms with van der Waals surface area (Å²) in [6, 6.07) is 11.5. The van der Waals surface area contributed by atoms with Gasteiger partial charge in [-0.25, -0.2) is 14.4 Å². The third-order valence-electron chi connectivity index (χ3n) is 4.96. The van der Waals surface area contributed by atoms with Gasteiger partial charge in [-0.1, -0.05) is 12.1 Å². The zero-order valence-electron chi connectivity index (χ0n) is 16.2. The Kier molecular flexibility index (Phi) is 4.66. The van der Waals surface area contributed by atoms with E-state index in [0.29, 0.717) is 44.9 Å². The summed E-state index contributed by atoms with van der Waals surface area (Å²) in [7, 11) is 0. The summed E-state index contributed by atoms with van der Waals surface area (Å²) in [4.78, 5) is 20.0. The number of pyridine rings is 3. The van der Waals surface area contributed by atoms with Crippen molar-refractivity contribution in [3.8, 4) is 33.8 Å². The molecule has 5 rings (SSSR count). The van der Waals surface area contributed by atoms with Gasteiger partial charge in [0.05, 0.1) is 23.0 Å². The maximum atomic E-state index is 14.6. The molecule has 0 aliphatic carbocycles. The minimum Gasteiger partial charge on any atom is -0.337 e.